The molecule has 1 aliphatic heterocycles. The maximum absolute atomic E-state index is 13.7. The fourth-order valence-electron chi connectivity index (χ4n) is 5.80. The minimum atomic E-state index is -0.457. The molecule has 3 aromatic heterocycles. The number of alkyl halides is 1. The molecule has 0 unspecified atom stereocenters. The molecule has 2 aliphatic rings. The number of aromatic nitrogens is 4. The van der Waals surface area contributed by atoms with Crippen LogP contribution in [-0.2, 0) is 0 Å². The largest absolute Gasteiger partial charge is 0.338 e. The lowest BCUT2D eigenvalue weighted by atomic mass is 9.84. The van der Waals surface area contributed by atoms with Gasteiger partial charge in [0, 0.05) is 36.8 Å². The molecule has 1 aromatic carbocycles. The van der Waals surface area contributed by atoms with Crippen LogP contribution in [0, 0.1) is 19.8 Å². The molecule has 1 saturated carbocycles. The van der Waals surface area contributed by atoms with Gasteiger partial charge in [-0.25, -0.2) is 9.50 Å². The lowest BCUT2D eigenvalue weighted by molar-refractivity contribution is 0.0455. The fourth-order valence-corrected chi connectivity index (χ4v) is 5.80. The highest BCUT2D eigenvalue weighted by Crippen LogP contribution is 2.34. The Balaban J connectivity index is 1.47. The number of pyridine rings is 1. The van der Waals surface area contributed by atoms with Crippen LogP contribution < -0.4 is 5.56 Å². The summed E-state index contributed by atoms with van der Waals surface area (Å²) in [5.41, 5.74) is 5.90. The number of amides is 1. The molecule has 0 bridgehead atoms. The Morgan fingerprint density at radius 3 is 2.53 bits per heavy atom. The van der Waals surface area contributed by atoms with Gasteiger partial charge < -0.3 is 4.90 Å². The third-order valence-corrected chi connectivity index (χ3v) is 8.29. The number of hydrogen-bond donors (Lipinski definition) is 1. The molecular formula is C30H32FN5O2. The highest BCUT2D eigenvalue weighted by Gasteiger charge is 2.35. The second-order valence-corrected chi connectivity index (χ2v) is 10.8. The minimum absolute atomic E-state index is 0.152. The van der Waals surface area contributed by atoms with E-state index in [2.05, 4.69) is 22.2 Å². The van der Waals surface area contributed by atoms with Crippen molar-refractivity contribution in [1.29, 1.82) is 0 Å². The van der Waals surface area contributed by atoms with Crippen molar-refractivity contribution in [2.75, 3.05) is 19.8 Å². The van der Waals surface area contributed by atoms with E-state index in [9.17, 15) is 14.0 Å². The molecule has 1 aliphatic carbocycles. The van der Waals surface area contributed by atoms with Crippen molar-refractivity contribution < 1.29 is 9.18 Å². The summed E-state index contributed by atoms with van der Waals surface area (Å²) in [6.45, 7) is 4.15. The van der Waals surface area contributed by atoms with Gasteiger partial charge in [0.25, 0.3) is 11.5 Å². The van der Waals surface area contributed by atoms with Gasteiger partial charge in [0.1, 0.15) is 5.56 Å². The van der Waals surface area contributed by atoms with Crippen LogP contribution in [0.3, 0.4) is 0 Å². The maximum Gasteiger partial charge on any atom is 0.273 e. The van der Waals surface area contributed by atoms with E-state index in [0.29, 0.717) is 41.7 Å². The third-order valence-electron chi connectivity index (χ3n) is 8.29. The number of carbonyl (C=O) groups excluding carboxylic acids is 1. The number of H-pyrrole nitrogens is 1. The van der Waals surface area contributed by atoms with Crippen LogP contribution in [-0.4, -0.2) is 50.2 Å². The maximum atomic E-state index is 13.7. The molecule has 8 heteroatoms. The summed E-state index contributed by atoms with van der Waals surface area (Å²) in [5.74, 6) is 0.160. The second-order valence-electron chi connectivity index (χ2n) is 10.8. The van der Waals surface area contributed by atoms with Gasteiger partial charge >= 0.3 is 0 Å². The van der Waals surface area contributed by atoms with Gasteiger partial charge in [0.2, 0.25) is 0 Å². The van der Waals surface area contributed by atoms with Crippen LogP contribution in [0.15, 0.2) is 47.4 Å². The highest BCUT2D eigenvalue weighted by atomic mass is 19.1. The zero-order valence-electron chi connectivity index (χ0n) is 21.8. The van der Waals surface area contributed by atoms with Crippen molar-refractivity contribution in [3.63, 3.8) is 0 Å². The molecular weight excluding hydrogens is 481 g/mol. The van der Waals surface area contributed by atoms with Crippen molar-refractivity contribution in [3.05, 3.63) is 75.2 Å². The van der Waals surface area contributed by atoms with Gasteiger partial charge in [-0.1, -0.05) is 43.5 Å². The van der Waals surface area contributed by atoms with E-state index in [0.717, 1.165) is 16.7 Å². The van der Waals surface area contributed by atoms with Gasteiger partial charge in [-0.05, 0) is 55.4 Å². The number of halogens is 1. The van der Waals surface area contributed by atoms with Gasteiger partial charge in [0.15, 0.2) is 5.65 Å². The number of nitrogens with one attached hydrogen (secondary N) is 1. The molecule has 6 rings (SSSR count). The average molecular weight is 514 g/mol. The Bertz CT molecular complexity index is 1560. The predicted molar refractivity (Wildman–Crippen MR) is 145 cm³/mol. The van der Waals surface area contributed by atoms with Gasteiger partial charge in [0.05, 0.1) is 23.8 Å². The highest BCUT2D eigenvalue weighted by molar-refractivity contribution is 6.06. The first-order valence-electron chi connectivity index (χ1n) is 13.5. The molecule has 7 nitrogen and oxygen atoms in total. The summed E-state index contributed by atoms with van der Waals surface area (Å²) in [6.07, 6.45) is 7.98. The summed E-state index contributed by atoms with van der Waals surface area (Å²) in [4.78, 5) is 38.0. The summed E-state index contributed by atoms with van der Waals surface area (Å²) >= 11 is 0. The van der Waals surface area contributed by atoms with Crippen LogP contribution in [0.5, 0.6) is 0 Å². The smallest absolute Gasteiger partial charge is 0.273 e. The standard InChI is InChI=1S/C30H32FN5O2/c1-18-12-13-32-27(19(18)2)28-26(30(38)35-16-20(15-31)17-35)29-33-24(14-25(37)36(29)34-28)23-10-8-22(9-11-23)21-6-4-3-5-7-21/h8-14,20-21,34H,3-7,15-17H2,1-2H3. The van der Waals surface area contributed by atoms with E-state index < -0.39 is 6.67 Å². The van der Waals surface area contributed by atoms with Crippen LogP contribution in [0.4, 0.5) is 4.39 Å². The van der Waals surface area contributed by atoms with E-state index in [1.54, 1.807) is 11.1 Å². The third kappa shape index (κ3) is 4.22. The normalized spacial score (nSPS) is 16.7. The Morgan fingerprint density at radius 1 is 1.08 bits per heavy atom. The number of carbonyl (C=O) groups is 1. The van der Waals surface area contributed by atoms with Crippen molar-refractivity contribution in [3.8, 4) is 22.6 Å². The quantitative estimate of drug-likeness (QED) is 0.384. The van der Waals surface area contributed by atoms with E-state index in [1.807, 2.05) is 32.0 Å². The Hall–Kier alpha value is -3.81. The van der Waals surface area contributed by atoms with Gasteiger partial charge in [-0.2, -0.15) is 0 Å². The molecule has 0 spiro atoms. The molecule has 1 amide bonds. The molecule has 4 aromatic rings. The van der Waals surface area contributed by atoms with E-state index in [-0.39, 0.29) is 23.0 Å². The van der Waals surface area contributed by atoms with Crippen LogP contribution in [0.2, 0.25) is 0 Å². The number of fused-ring (bicyclic) bond motifs is 1. The zero-order valence-corrected chi connectivity index (χ0v) is 21.8. The molecule has 0 radical (unpaired) electrons. The van der Waals surface area contributed by atoms with Crippen LogP contribution in [0.1, 0.15) is 65.1 Å². The second kappa shape index (κ2) is 9.82. The van der Waals surface area contributed by atoms with Crippen molar-refractivity contribution in [1.82, 2.24) is 24.5 Å². The van der Waals surface area contributed by atoms with E-state index >= 15 is 0 Å². The number of nitrogens with zero attached hydrogens (tertiary/aromatic N) is 4. The molecule has 2 fully saturated rings. The number of aromatic amines is 1. The monoisotopic (exact) mass is 513 g/mol. The summed E-state index contributed by atoms with van der Waals surface area (Å²) in [5, 5.41) is 3.11. The summed E-state index contributed by atoms with van der Waals surface area (Å²) in [7, 11) is 0. The Labute approximate surface area is 220 Å². The molecule has 4 heterocycles. The Kier molecular flexibility index (Phi) is 6.33. The van der Waals surface area contributed by atoms with Crippen molar-refractivity contribution in [2.45, 2.75) is 51.9 Å². The summed E-state index contributed by atoms with van der Waals surface area (Å²) < 4.78 is 14.5. The van der Waals surface area contributed by atoms with Crippen LogP contribution >= 0.6 is 0 Å². The molecule has 1 N–H and O–H groups in total. The number of hydrogen-bond acceptors (Lipinski definition) is 4. The first-order chi connectivity index (χ1) is 18.4. The van der Waals surface area contributed by atoms with Crippen LogP contribution in [0.25, 0.3) is 28.3 Å². The molecule has 1 saturated heterocycles. The minimum Gasteiger partial charge on any atom is -0.338 e. The zero-order chi connectivity index (χ0) is 26.4. The van der Waals surface area contributed by atoms with E-state index in [1.165, 1.54) is 48.2 Å². The molecule has 38 heavy (non-hydrogen) atoms. The number of benzene rings is 1. The SMILES string of the molecule is Cc1ccnc(-c2[nH]n3c(=O)cc(-c4ccc(C5CCCCC5)cc4)nc3c2C(=O)N2CC(CF)C2)c1C. The molecule has 0 atom stereocenters. The van der Waals surface area contributed by atoms with Gasteiger partial charge in [-0.3, -0.25) is 24.1 Å². The van der Waals surface area contributed by atoms with Crippen molar-refractivity contribution >= 4 is 11.6 Å². The Morgan fingerprint density at radius 2 is 1.82 bits per heavy atom. The summed E-state index contributed by atoms with van der Waals surface area (Å²) in [6, 6.07) is 11.7. The van der Waals surface area contributed by atoms with Gasteiger partial charge in [-0.15, -0.1) is 0 Å². The number of likely N-dealkylation sites (tertiary alicyclic amines) is 1. The number of aryl methyl sites for hydroxylation is 1. The lowest BCUT2D eigenvalue weighted by Gasteiger charge is -2.37. The van der Waals surface area contributed by atoms with E-state index in [4.69, 9.17) is 4.98 Å². The first-order valence-corrected chi connectivity index (χ1v) is 13.5. The first kappa shape index (κ1) is 24.5. The lowest BCUT2D eigenvalue weighted by Crippen LogP contribution is -2.50. The topological polar surface area (TPSA) is 83.4 Å². The molecule has 196 valence electrons. The predicted octanol–water partition coefficient (Wildman–Crippen LogP) is 5.46. The average Bonchev–Trinajstić information content (AvgIpc) is 3.30. The number of rotatable bonds is 5. The van der Waals surface area contributed by atoms with Crippen molar-refractivity contribution in [2.24, 2.45) is 5.92 Å². The fraction of sp³-hybridized carbons (Fsp3) is 0.400.